The van der Waals surface area contributed by atoms with Crippen LogP contribution in [0.15, 0.2) is 41.4 Å². The Kier molecular flexibility index (Phi) is 3.53. The number of thioether (sulfide) groups is 1. The summed E-state index contributed by atoms with van der Waals surface area (Å²) in [5.41, 5.74) is 3.25. The van der Waals surface area contributed by atoms with Gasteiger partial charge in [0.15, 0.2) is 5.65 Å². The molecule has 2 aromatic heterocycles. The first-order valence-corrected chi connectivity index (χ1v) is 8.03. The van der Waals surface area contributed by atoms with Crippen molar-refractivity contribution >= 4 is 33.4 Å². The Hall–Kier alpha value is -1.39. The van der Waals surface area contributed by atoms with E-state index in [-0.39, 0.29) is 0 Å². The highest BCUT2D eigenvalue weighted by molar-refractivity contribution is 7.99. The molecule has 96 valence electrons. The van der Waals surface area contributed by atoms with Crippen LogP contribution < -0.4 is 0 Å². The molecule has 0 aliphatic carbocycles. The third-order valence-corrected chi connectivity index (χ3v) is 4.78. The van der Waals surface area contributed by atoms with Crippen molar-refractivity contribution in [3.8, 4) is 10.6 Å². The van der Waals surface area contributed by atoms with Gasteiger partial charge in [-0.05, 0) is 30.4 Å². The molecule has 0 amide bonds. The minimum Gasteiger partial charge on any atom is -0.236 e. The Morgan fingerprint density at radius 3 is 2.95 bits per heavy atom. The standard InChI is InChI=1S/C15H14N2S2/c1-3-18-12-7-5-4-6-11(12)15-17-14-13(19-15)8-10(2)9-16-14/h4-9H,3H2,1-2H3. The van der Waals surface area contributed by atoms with E-state index >= 15 is 0 Å². The lowest BCUT2D eigenvalue weighted by Crippen LogP contribution is -1.82. The molecule has 3 aromatic rings. The molecule has 1 aromatic carbocycles. The molecular formula is C15H14N2S2. The third kappa shape index (κ3) is 2.51. The van der Waals surface area contributed by atoms with Crippen LogP contribution in [0.1, 0.15) is 12.5 Å². The second-order valence-corrected chi connectivity index (χ2v) is 6.62. The van der Waals surface area contributed by atoms with E-state index in [2.05, 4.69) is 54.1 Å². The Labute approximate surface area is 120 Å². The summed E-state index contributed by atoms with van der Waals surface area (Å²) in [6.45, 7) is 4.23. The SMILES string of the molecule is CCSc1ccccc1-c1nc2ncc(C)cc2s1. The molecule has 0 spiro atoms. The number of pyridine rings is 1. The Morgan fingerprint density at radius 2 is 2.11 bits per heavy atom. The van der Waals surface area contributed by atoms with Gasteiger partial charge in [0.05, 0.1) is 4.70 Å². The van der Waals surface area contributed by atoms with Crippen LogP contribution in [0.4, 0.5) is 0 Å². The number of thiazole rings is 1. The molecule has 19 heavy (non-hydrogen) atoms. The van der Waals surface area contributed by atoms with Gasteiger partial charge < -0.3 is 0 Å². The monoisotopic (exact) mass is 286 g/mol. The number of aryl methyl sites for hydroxylation is 1. The molecule has 0 aliphatic heterocycles. The fourth-order valence-corrected chi connectivity index (χ4v) is 3.89. The average molecular weight is 286 g/mol. The Morgan fingerprint density at radius 1 is 1.26 bits per heavy atom. The number of hydrogen-bond donors (Lipinski definition) is 0. The summed E-state index contributed by atoms with van der Waals surface area (Å²) in [6.07, 6.45) is 1.87. The van der Waals surface area contributed by atoms with Crippen LogP contribution in [0.25, 0.3) is 20.9 Å². The number of benzene rings is 1. The van der Waals surface area contributed by atoms with Crippen molar-refractivity contribution in [3.05, 3.63) is 42.1 Å². The Balaban J connectivity index is 2.13. The van der Waals surface area contributed by atoms with Gasteiger partial charge in [-0.3, -0.25) is 0 Å². The predicted molar refractivity (Wildman–Crippen MR) is 84.0 cm³/mol. The molecule has 0 fully saturated rings. The van der Waals surface area contributed by atoms with Crippen LogP contribution >= 0.6 is 23.1 Å². The largest absolute Gasteiger partial charge is 0.236 e. The summed E-state index contributed by atoms with van der Waals surface area (Å²) in [5.74, 6) is 1.07. The second-order valence-electron chi connectivity index (χ2n) is 4.28. The van der Waals surface area contributed by atoms with Gasteiger partial charge in [0.1, 0.15) is 5.01 Å². The van der Waals surface area contributed by atoms with Crippen molar-refractivity contribution in [3.63, 3.8) is 0 Å². The molecule has 0 unspecified atom stereocenters. The summed E-state index contributed by atoms with van der Waals surface area (Å²) < 4.78 is 1.16. The van der Waals surface area contributed by atoms with Crippen LogP contribution in [0, 0.1) is 6.92 Å². The van der Waals surface area contributed by atoms with E-state index < -0.39 is 0 Å². The maximum absolute atomic E-state index is 4.66. The first kappa shape index (κ1) is 12.6. The zero-order valence-corrected chi connectivity index (χ0v) is 12.5. The van der Waals surface area contributed by atoms with Crippen LogP contribution in [0.3, 0.4) is 0 Å². The summed E-state index contributed by atoms with van der Waals surface area (Å²) in [4.78, 5) is 10.3. The fraction of sp³-hybridized carbons (Fsp3) is 0.200. The zero-order chi connectivity index (χ0) is 13.2. The third-order valence-electron chi connectivity index (χ3n) is 2.80. The molecule has 0 saturated carbocycles. The van der Waals surface area contributed by atoms with E-state index in [1.807, 2.05) is 18.0 Å². The lowest BCUT2D eigenvalue weighted by atomic mass is 10.2. The van der Waals surface area contributed by atoms with Gasteiger partial charge in [-0.1, -0.05) is 25.1 Å². The van der Waals surface area contributed by atoms with Crippen molar-refractivity contribution in [1.82, 2.24) is 9.97 Å². The highest BCUT2D eigenvalue weighted by Gasteiger charge is 2.10. The average Bonchev–Trinajstić information content (AvgIpc) is 2.82. The fourth-order valence-electron chi connectivity index (χ4n) is 1.96. The quantitative estimate of drug-likeness (QED) is 0.648. The minimum absolute atomic E-state index is 0.849. The molecule has 2 heterocycles. The summed E-state index contributed by atoms with van der Waals surface area (Å²) in [5, 5.41) is 1.06. The van der Waals surface area contributed by atoms with E-state index in [1.54, 1.807) is 11.3 Å². The zero-order valence-electron chi connectivity index (χ0n) is 10.9. The molecule has 0 radical (unpaired) electrons. The molecule has 0 saturated heterocycles. The molecule has 0 aliphatic rings. The van der Waals surface area contributed by atoms with Crippen molar-refractivity contribution in [2.24, 2.45) is 0 Å². The summed E-state index contributed by atoms with van der Waals surface area (Å²) in [6, 6.07) is 10.6. The van der Waals surface area contributed by atoms with E-state index in [9.17, 15) is 0 Å². The summed E-state index contributed by atoms with van der Waals surface area (Å²) in [7, 11) is 0. The van der Waals surface area contributed by atoms with Gasteiger partial charge in [0.2, 0.25) is 0 Å². The number of nitrogens with zero attached hydrogens (tertiary/aromatic N) is 2. The lowest BCUT2D eigenvalue weighted by molar-refractivity contribution is 1.28. The number of hydrogen-bond acceptors (Lipinski definition) is 4. The second kappa shape index (κ2) is 5.31. The number of fused-ring (bicyclic) bond motifs is 1. The molecular weight excluding hydrogens is 272 g/mol. The summed E-state index contributed by atoms with van der Waals surface area (Å²) >= 11 is 3.57. The van der Waals surface area contributed by atoms with Crippen LogP contribution in [-0.4, -0.2) is 15.7 Å². The molecule has 2 nitrogen and oxygen atoms in total. The van der Waals surface area contributed by atoms with Crippen LogP contribution in [0.5, 0.6) is 0 Å². The number of aromatic nitrogens is 2. The first-order chi connectivity index (χ1) is 9.28. The van der Waals surface area contributed by atoms with Crippen molar-refractivity contribution in [2.75, 3.05) is 5.75 Å². The van der Waals surface area contributed by atoms with Crippen molar-refractivity contribution < 1.29 is 0 Å². The predicted octanol–water partition coefficient (Wildman–Crippen LogP) is 4.78. The molecule has 0 bridgehead atoms. The molecule has 0 N–H and O–H groups in total. The van der Waals surface area contributed by atoms with E-state index in [4.69, 9.17) is 0 Å². The van der Waals surface area contributed by atoms with E-state index in [0.29, 0.717) is 0 Å². The molecule has 4 heteroatoms. The maximum atomic E-state index is 4.66. The number of rotatable bonds is 3. The van der Waals surface area contributed by atoms with E-state index in [0.717, 1.165) is 21.1 Å². The normalized spacial score (nSPS) is 11.1. The van der Waals surface area contributed by atoms with Gasteiger partial charge in [-0.25, -0.2) is 9.97 Å². The smallest absolute Gasteiger partial charge is 0.170 e. The van der Waals surface area contributed by atoms with Gasteiger partial charge in [0, 0.05) is 16.7 Å². The highest BCUT2D eigenvalue weighted by atomic mass is 32.2. The molecule has 0 atom stereocenters. The maximum Gasteiger partial charge on any atom is 0.170 e. The van der Waals surface area contributed by atoms with Gasteiger partial charge in [0.25, 0.3) is 0 Å². The van der Waals surface area contributed by atoms with Gasteiger partial charge >= 0.3 is 0 Å². The Bertz CT molecular complexity index is 719. The van der Waals surface area contributed by atoms with E-state index in [1.165, 1.54) is 16.0 Å². The highest BCUT2D eigenvalue weighted by Crippen LogP contribution is 2.35. The topological polar surface area (TPSA) is 25.8 Å². The van der Waals surface area contributed by atoms with Gasteiger partial charge in [-0.15, -0.1) is 23.1 Å². The van der Waals surface area contributed by atoms with Gasteiger partial charge in [-0.2, -0.15) is 0 Å². The lowest BCUT2D eigenvalue weighted by Gasteiger charge is -2.04. The first-order valence-electron chi connectivity index (χ1n) is 6.23. The van der Waals surface area contributed by atoms with Crippen molar-refractivity contribution in [2.45, 2.75) is 18.7 Å². The minimum atomic E-state index is 0.849. The van der Waals surface area contributed by atoms with Crippen LogP contribution in [-0.2, 0) is 0 Å². The van der Waals surface area contributed by atoms with Crippen LogP contribution in [0.2, 0.25) is 0 Å². The molecule has 3 rings (SSSR count). The van der Waals surface area contributed by atoms with Crippen molar-refractivity contribution in [1.29, 1.82) is 0 Å².